The van der Waals surface area contributed by atoms with Gasteiger partial charge in [0.15, 0.2) is 0 Å². The highest BCUT2D eigenvalue weighted by atomic mass is 35.5. The second kappa shape index (κ2) is 8.18. The van der Waals surface area contributed by atoms with Crippen molar-refractivity contribution in [3.05, 3.63) is 18.5 Å². The van der Waals surface area contributed by atoms with Gasteiger partial charge in [0.1, 0.15) is 0 Å². The first kappa shape index (κ1) is 19.3. The van der Waals surface area contributed by atoms with Crippen LogP contribution in [0.4, 0.5) is 0 Å². The van der Waals surface area contributed by atoms with E-state index in [1.165, 1.54) is 0 Å². The Hall–Kier alpha value is -0.780. The number of nitrogens with two attached hydrogens (primary N) is 1. The molecule has 0 radical (unpaired) electrons. The molecule has 1 saturated carbocycles. The quantitative estimate of drug-likeness (QED) is 0.910. The highest BCUT2D eigenvalue weighted by molar-refractivity contribution is 5.86. The van der Waals surface area contributed by atoms with Crippen molar-refractivity contribution in [2.75, 3.05) is 13.1 Å². The molecule has 22 heavy (non-hydrogen) atoms. The van der Waals surface area contributed by atoms with Crippen molar-refractivity contribution < 1.29 is 4.79 Å². The van der Waals surface area contributed by atoms with E-state index in [1.54, 1.807) is 0 Å². The molecule has 1 aromatic heterocycles. The molecular weight excluding hydrogens is 323 g/mol. The molecule has 0 bridgehead atoms. The summed E-state index contributed by atoms with van der Waals surface area (Å²) in [5.74, 6) is 0.809. The maximum absolute atomic E-state index is 12.5. The predicted molar refractivity (Wildman–Crippen MR) is 91.4 cm³/mol. The monoisotopic (exact) mass is 348 g/mol. The third-order valence-corrected chi connectivity index (χ3v) is 4.83. The van der Waals surface area contributed by atoms with Crippen LogP contribution < -0.4 is 5.73 Å². The molecule has 1 amide bonds. The van der Waals surface area contributed by atoms with Crippen LogP contribution in [-0.4, -0.2) is 39.2 Å². The normalized spacial score (nSPS) is 21.0. The molecule has 0 unspecified atom stereocenters. The minimum Gasteiger partial charge on any atom is -0.341 e. The SMILES string of the molecule is Cl.Cl.NC1(C(=O)N2CCC(Cn3cccn3)CC2)CCCC1. The van der Waals surface area contributed by atoms with E-state index < -0.39 is 5.54 Å². The molecule has 1 aliphatic heterocycles. The molecule has 3 rings (SSSR count). The number of nitrogens with zero attached hydrogens (tertiary/aromatic N) is 3. The fraction of sp³-hybridized carbons (Fsp3) is 0.733. The standard InChI is InChI=1S/C15H24N4O.2ClH/c16-15(6-1-2-7-15)14(20)18-10-4-13(5-11-18)12-19-9-3-8-17-19;;/h3,8-9,13H,1-2,4-7,10-12,16H2;2*1H. The van der Waals surface area contributed by atoms with Crippen molar-refractivity contribution in [2.24, 2.45) is 11.7 Å². The lowest BCUT2D eigenvalue weighted by molar-refractivity contribution is -0.138. The Labute approximate surface area is 144 Å². The van der Waals surface area contributed by atoms with Crippen LogP contribution in [0.5, 0.6) is 0 Å². The van der Waals surface area contributed by atoms with Crippen molar-refractivity contribution in [2.45, 2.75) is 50.6 Å². The molecule has 1 saturated heterocycles. The number of hydrogen-bond donors (Lipinski definition) is 1. The molecule has 2 aliphatic rings. The number of likely N-dealkylation sites (tertiary alicyclic amines) is 1. The average Bonchev–Trinajstić information content (AvgIpc) is 3.11. The smallest absolute Gasteiger partial charge is 0.242 e. The number of piperidine rings is 1. The van der Waals surface area contributed by atoms with E-state index in [-0.39, 0.29) is 30.7 Å². The first-order valence-corrected chi connectivity index (χ1v) is 7.73. The molecule has 126 valence electrons. The van der Waals surface area contributed by atoms with Gasteiger partial charge in [-0.25, -0.2) is 0 Å². The molecular formula is C15H26Cl2N4O. The van der Waals surface area contributed by atoms with Crippen LogP contribution in [0.25, 0.3) is 0 Å². The second-order valence-corrected chi connectivity index (χ2v) is 6.33. The van der Waals surface area contributed by atoms with E-state index in [9.17, 15) is 4.79 Å². The lowest BCUT2D eigenvalue weighted by atomic mass is 9.92. The number of aromatic nitrogens is 2. The second-order valence-electron chi connectivity index (χ2n) is 6.33. The summed E-state index contributed by atoms with van der Waals surface area (Å²) in [6.07, 6.45) is 9.85. The summed E-state index contributed by atoms with van der Waals surface area (Å²) >= 11 is 0. The Kier molecular flexibility index (Phi) is 7.16. The van der Waals surface area contributed by atoms with Gasteiger partial charge >= 0.3 is 0 Å². The van der Waals surface area contributed by atoms with Gasteiger partial charge in [-0.05, 0) is 37.7 Å². The van der Waals surface area contributed by atoms with Crippen LogP contribution >= 0.6 is 24.8 Å². The van der Waals surface area contributed by atoms with Crippen LogP contribution in [0.3, 0.4) is 0 Å². The number of rotatable bonds is 3. The summed E-state index contributed by atoms with van der Waals surface area (Å²) in [5, 5.41) is 4.25. The predicted octanol–water partition coefficient (Wildman–Crippen LogP) is 2.24. The third-order valence-electron chi connectivity index (χ3n) is 4.83. The minimum atomic E-state index is -0.561. The van der Waals surface area contributed by atoms with Gasteiger partial charge in [-0.1, -0.05) is 12.8 Å². The zero-order valence-corrected chi connectivity index (χ0v) is 14.5. The summed E-state index contributed by atoms with van der Waals surface area (Å²) in [6, 6.07) is 1.96. The summed E-state index contributed by atoms with van der Waals surface area (Å²) < 4.78 is 1.99. The third kappa shape index (κ3) is 4.15. The first-order valence-electron chi connectivity index (χ1n) is 7.73. The topological polar surface area (TPSA) is 64.2 Å². The first-order chi connectivity index (χ1) is 9.67. The highest BCUT2D eigenvalue weighted by Gasteiger charge is 2.40. The molecule has 0 spiro atoms. The molecule has 0 atom stereocenters. The van der Waals surface area contributed by atoms with E-state index in [1.807, 2.05) is 28.0 Å². The number of amides is 1. The zero-order chi connectivity index (χ0) is 14.0. The molecule has 1 aliphatic carbocycles. The summed E-state index contributed by atoms with van der Waals surface area (Å²) in [5.41, 5.74) is 5.71. The van der Waals surface area contributed by atoms with E-state index in [4.69, 9.17) is 5.73 Å². The lowest BCUT2D eigenvalue weighted by Crippen LogP contribution is -2.55. The number of halogens is 2. The van der Waals surface area contributed by atoms with E-state index in [2.05, 4.69) is 5.10 Å². The Bertz CT molecular complexity index is 452. The Morgan fingerprint density at radius 2 is 1.86 bits per heavy atom. The number of hydrogen-bond acceptors (Lipinski definition) is 3. The van der Waals surface area contributed by atoms with Crippen LogP contribution in [0.15, 0.2) is 18.5 Å². The van der Waals surface area contributed by atoms with Gasteiger partial charge in [0, 0.05) is 32.0 Å². The van der Waals surface area contributed by atoms with E-state index >= 15 is 0 Å². The van der Waals surface area contributed by atoms with Crippen molar-refractivity contribution in [1.29, 1.82) is 0 Å². The molecule has 2 heterocycles. The Morgan fingerprint density at radius 3 is 2.41 bits per heavy atom. The maximum atomic E-state index is 12.5. The van der Waals surface area contributed by atoms with Crippen molar-refractivity contribution in [3.63, 3.8) is 0 Å². The largest absolute Gasteiger partial charge is 0.341 e. The Morgan fingerprint density at radius 1 is 1.23 bits per heavy atom. The molecule has 0 aromatic carbocycles. The van der Waals surface area contributed by atoms with Gasteiger partial charge in [-0.3, -0.25) is 9.48 Å². The maximum Gasteiger partial charge on any atom is 0.242 e. The van der Waals surface area contributed by atoms with Gasteiger partial charge in [-0.15, -0.1) is 24.8 Å². The van der Waals surface area contributed by atoms with Crippen LogP contribution in [0, 0.1) is 5.92 Å². The lowest BCUT2D eigenvalue weighted by Gasteiger charge is -2.36. The van der Waals surface area contributed by atoms with Crippen molar-refractivity contribution in [1.82, 2.24) is 14.7 Å². The molecule has 7 heteroatoms. The summed E-state index contributed by atoms with van der Waals surface area (Å²) in [6.45, 7) is 2.66. The molecule has 2 N–H and O–H groups in total. The van der Waals surface area contributed by atoms with Crippen molar-refractivity contribution in [3.8, 4) is 0 Å². The van der Waals surface area contributed by atoms with E-state index in [0.717, 1.165) is 58.2 Å². The highest BCUT2D eigenvalue weighted by Crippen LogP contribution is 2.30. The molecule has 5 nitrogen and oxygen atoms in total. The molecule has 2 fully saturated rings. The van der Waals surface area contributed by atoms with Crippen LogP contribution in [-0.2, 0) is 11.3 Å². The van der Waals surface area contributed by atoms with Gasteiger partial charge in [-0.2, -0.15) is 5.10 Å². The van der Waals surface area contributed by atoms with E-state index in [0.29, 0.717) is 5.92 Å². The number of carbonyl (C=O) groups is 1. The fourth-order valence-electron chi connectivity index (χ4n) is 3.53. The zero-order valence-electron chi connectivity index (χ0n) is 12.8. The van der Waals surface area contributed by atoms with Crippen LogP contribution in [0.2, 0.25) is 0 Å². The number of carbonyl (C=O) groups excluding carboxylic acids is 1. The molecule has 1 aromatic rings. The minimum absolute atomic E-state index is 0. The average molecular weight is 349 g/mol. The van der Waals surface area contributed by atoms with Gasteiger partial charge in [0.2, 0.25) is 5.91 Å². The fourth-order valence-corrected chi connectivity index (χ4v) is 3.53. The Balaban J connectivity index is 0.00000121. The van der Waals surface area contributed by atoms with Gasteiger partial charge in [0.05, 0.1) is 5.54 Å². The van der Waals surface area contributed by atoms with Gasteiger partial charge < -0.3 is 10.6 Å². The van der Waals surface area contributed by atoms with Gasteiger partial charge in [0.25, 0.3) is 0 Å². The van der Waals surface area contributed by atoms with Crippen molar-refractivity contribution >= 4 is 30.7 Å². The van der Waals surface area contributed by atoms with Crippen LogP contribution in [0.1, 0.15) is 38.5 Å². The summed E-state index contributed by atoms with van der Waals surface area (Å²) in [4.78, 5) is 14.5. The summed E-state index contributed by atoms with van der Waals surface area (Å²) in [7, 11) is 0.